The number of hydrogen-bond acceptors (Lipinski definition) is 1. The molecule has 2 unspecified atom stereocenters. The number of hydrogen-bond donors (Lipinski definition) is 1. The molecule has 0 aliphatic heterocycles. The number of allylic oxidation sites excluding steroid dienone is 1. The van der Waals surface area contributed by atoms with Gasteiger partial charge in [0.15, 0.2) is 0 Å². The molecule has 17 heavy (non-hydrogen) atoms. The summed E-state index contributed by atoms with van der Waals surface area (Å²) in [6, 6.07) is 8.59. The minimum Gasteiger partial charge on any atom is -0.392 e. The maximum atomic E-state index is 10.3. The summed E-state index contributed by atoms with van der Waals surface area (Å²) in [6.07, 6.45) is 8.20. The van der Waals surface area contributed by atoms with Crippen molar-refractivity contribution >= 4 is 0 Å². The Balaban J connectivity index is 2.04. The van der Waals surface area contributed by atoms with Crippen molar-refractivity contribution in [3.8, 4) is 0 Å². The lowest BCUT2D eigenvalue weighted by atomic mass is 9.78. The standard InChI is InChI=1S/C16H22O/c1-2-3-4-12-16(17)15-11-7-9-13-8-5-6-10-14(13)15/h2,5-6,8,10,15-17H,1,3-4,7,9,11-12H2. The van der Waals surface area contributed by atoms with Gasteiger partial charge in [0.2, 0.25) is 0 Å². The highest BCUT2D eigenvalue weighted by molar-refractivity contribution is 5.33. The molecule has 0 saturated carbocycles. The van der Waals surface area contributed by atoms with Crippen LogP contribution in [-0.2, 0) is 6.42 Å². The largest absolute Gasteiger partial charge is 0.392 e. The molecule has 0 spiro atoms. The van der Waals surface area contributed by atoms with E-state index in [1.807, 2.05) is 6.08 Å². The number of aliphatic hydroxyl groups is 1. The lowest BCUT2D eigenvalue weighted by molar-refractivity contribution is 0.123. The van der Waals surface area contributed by atoms with Crippen molar-refractivity contribution in [3.05, 3.63) is 48.0 Å². The quantitative estimate of drug-likeness (QED) is 0.602. The van der Waals surface area contributed by atoms with E-state index in [0.717, 1.165) is 25.7 Å². The van der Waals surface area contributed by atoms with Crippen molar-refractivity contribution in [1.29, 1.82) is 0 Å². The summed E-state index contributed by atoms with van der Waals surface area (Å²) in [6.45, 7) is 3.72. The Morgan fingerprint density at radius 1 is 1.41 bits per heavy atom. The Hall–Kier alpha value is -1.08. The van der Waals surface area contributed by atoms with Crippen LogP contribution in [0.2, 0.25) is 0 Å². The van der Waals surface area contributed by atoms with Gasteiger partial charge in [0, 0.05) is 5.92 Å². The molecule has 1 aliphatic rings. The Bertz CT molecular complexity index is 370. The Kier molecular flexibility index (Phi) is 4.38. The van der Waals surface area contributed by atoms with Gasteiger partial charge in [-0.1, -0.05) is 30.3 Å². The molecule has 2 atom stereocenters. The van der Waals surface area contributed by atoms with E-state index in [2.05, 4.69) is 30.8 Å². The van der Waals surface area contributed by atoms with Crippen molar-refractivity contribution in [3.63, 3.8) is 0 Å². The third-order valence-corrected chi connectivity index (χ3v) is 3.79. The Morgan fingerprint density at radius 3 is 3.06 bits per heavy atom. The molecule has 0 amide bonds. The number of aryl methyl sites for hydroxylation is 1. The summed E-state index contributed by atoms with van der Waals surface area (Å²) in [5.74, 6) is 0.352. The third kappa shape index (κ3) is 2.98. The molecular formula is C16H22O. The van der Waals surface area contributed by atoms with Crippen molar-refractivity contribution in [2.24, 2.45) is 0 Å². The maximum Gasteiger partial charge on any atom is 0.0608 e. The van der Waals surface area contributed by atoms with Crippen LogP contribution < -0.4 is 0 Å². The molecule has 1 nitrogen and oxygen atoms in total. The van der Waals surface area contributed by atoms with Crippen molar-refractivity contribution in [2.75, 3.05) is 0 Å². The predicted molar refractivity (Wildman–Crippen MR) is 72.2 cm³/mol. The number of rotatable bonds is 5. The minimum absolute atomic E-state index is 0.184. The van der Waals surface area contributed by atoms with E-state index in [1.165, 1.54) is 24.0 Å². The minimum atomic E-state index is -0.184. The molecule has 2 rings (SSSR count). The Morgan fingerprint density at radius 2 is 2.24 bits per heavy atom. The zero-order valence-electron chi connectivity index (χ0n) is 10.4. The van der Waals surface area contributed by atoms with Crippen LogP contribution in [-0.4, -0.2) is 11.2 Å². The first-order valence-electron chi connectivity index (χ1n) is 6.69. The molecule has 1 N–H and O–H groups in total. The van der Waals surface area contributed by atoms with Gasteiger partial charge < -0.3 is 5.11 Å². The lowest BCUT2D eigenvalue weighted by Crippen LogP contribution is -2.22. The fraction of sp³-hybridized carbons (Fsp3) is 0.500. The second-order valence-corrected chi connectivity index (χ2v) is 4.98. The van der Waals surface area contributed by atoms with Gasteiger partial charge in [-0.3, -0.25) is 0 Å². The molecule has 1 aromatic carbocycles. The van der Waals surface area contributed by atoms with Crippen LogP contribution in [0.1, 0.15) is 49.1 Å². The first-order chi connectivity index (χ1) is 8.33. The fourth-order valence-electron chi connectivity index (χ4n) is 2.86. The van der Waals surface area contributed by atoms with E-state index in [1.54, 1.807) is 0 Å². The number of unbranched alkanes of at least 4 members (excludes halogenated alkanes) is 1. The topological polar surface area (TPSA) is 20.2 Å². The highest BCUT2D eigenvalue weighted by atomic mass is 16.3. The fourth-order valence-corrected chi connectivity index (χ4v) is 2.86. The summed E-state index contributed by atoms with van der Waals surface area (Å²) in [5.41, 5.74) is 2.82. The van der Waals surface area contributed by atoms with Gasteiger partial charge in [0.05, 0.1) is 6.10 Å². The van der Waals surface area contributed by atoms with Crippen LogP contribution in [0.5, 0.6) is 0 Å². The molecule has 1 heteroatoms. The molecule has 0 radical (unpaired) electrons. The summed E-state index contributed by atoms with van der Waals surface area (Å²) in [7, 11) is 0. The smallest absolute Gasteiger partial charge is 0.0608 e. The maximum absolute atomic E-state index is 10.3. The van der Waals surface area contributed by atoms with Gasteiger partial charge in [-0.15, -0.1) is 6.58 Å². The van der Waals surface area contributed by atoms with E-state index >= 15 is 0 Å². The highest BCUT2D eigenvalue weighted by Crippen LogP contribution is 2.35. The van der Waals surface area contributed by atoms with Crippen molar-refractivity contribution in [1.82, 2.24) is 0 Å². The molecule has 0 fully saturated rings. The van der Waals surface area contributed by atoms with E-state index in [4.69, 9.17) is 0 Å². The highest BCUT2D eigenvalue weighted by Gasteiger charge is 2.25. The van der Waals surface area contributed by atoms with Crippen LogP contribution in [0, 0.1) is 0 Å². The van der Waals surface area contributed by atoms with Gasteiger partial charge in [-0.25, -0.2) is 0 Å². The monoisotopic (exact) mass is 230 g/mol. The molecule has 0 aromatic heterocycles. The first-order valence-corrected chi connectivity index (χ1v) is 6.69. The SMILES string of the molecule is C=CCCCC(O)C1CCCc2ccccc21. The van der Waals surface area contributed by atoms with Crippen molar-refractivity contribution < 1.29 is 5.11 Å². The van der Waals surface area contributed by atoms with Crippen molar-refractivity contribution in [2.45, 2.75) is 50.5 Å². The number of fused-ring (bicyclic) bond motifs is 1. The van der Waals surface area contributed by atoms with Crippen LogP contribution in [0.3, 0.4) is 0 Å². The van der Waals surface area contributed by atoms with E-state index in [-0.39, 0.29) is 6.10 Å². The lowest BCUT2D eigenvalue weighted by Gasteiger charge is -2.29. The van der Waals surface area contributed by atoms with E-state index in [9.17, 15) is 5.11 Å². The Labute approximate surface area is 104 Å². The second kappa shape index (κ2) is 6.02. The normalized spacial score (nSPS) is 20.6. The zero-order valence-corrected chi connectivity index (χ0v) is 10.4. The molecule has 92 valence electrons. The molecule has 0 bridgehead atoms. The molecular weight excluding hydrogens is 208 g/mol. The van der Waals surface area contributed by atoms with Crippen LogP contribution >= 0.6 is 0 Å². The van der Waals surface area contributed by atoms with E-state index in [0.29, 0.717) is 5.92 Å². The molecule has 1 aromatic rings. The van der Waals surface area contributed by atoms with Gasteiger partial charge in [0.1, 0.15) is 0 Å². The van der Waals surface area contributed by atoms with Crippen LogP contribution in [0.15, 0.2) is 36.9 Å². The number of benzene rings is 1. The first kappa shape index (κ1) is 12.4. The summed E-state index contributed by atoms with van der Waals surface area (Å²) >= 11 is 0. The number of aliphatic hydroxyl groups excluding tert-OH is 1. The van der Waals surface area contributed by atoms with Crippen LogP contribution in [0.4, 0.5) is 0 Å². The summed E-state index contributed by atoms with van der Waals surface area (Å²) < 4.78 is 0. The summed E-state index contributed by atoms with van der Waals surface area (Å²) in [4.78, 5) is 0. The molecule has 0 heterocycles. The van der Waals surface area contributed by atoms with Gasteiger partial charge in [-0.05, 0) is 49.7 Å². The van der Waals surface area contributed by atoms with E-state index < -0.39 is 0 Å². The zero-order chi connectivity index (χ0) is 12.1. The van der Waals surface area contributed by atoms with Gasteiger partial charge in [-0.2, -0.15) is 0 Å². The predicted octanol–water partition coefficient (Wildman–Crippen LogP) is 3.82. The van der Waals surface area contributed by atoms with Gasteiger partial charge >= 0.3 is 0 Å². The van der Waals surface area contributed by atoms with Crippen LogP contribution in [0.25, 0.3) is 0 Å². The molecule has 0 saturated heterocycles. The summed E-state index contributed by atoms with van der Waals surface area (Å²) in [5, 5.41) is 10.3. The average molecular weight is 230 g/mol. The second-order valence-electron chi connectivity index (χ2n) is 4.98. The van der Waals surface area contributed by atoms with Gasteiger partial charge in [0.25, 0.3) is 0 Å². The molecule has 1 aliphatic carbocycles. The average Bonchev–Trinajstić information content (AvgIpc) is 2.38. The third-order valence-electron chi connectivity index (χ3n) is 3.79.